The smallest absolute Gasteiger partial charge is 0.137 e. The summed E-state index contributed by atoms with van der Waals surface area (Å²) in [5.74, 6) is 0.741. The monoisotopic (exact) mass is 283 g/mol. The number of rotatable bonds is 5. The summed E-state index contributed by atoms with van der Waals surface area (Å²) in [6.07, 6.45) is 10.8. The molecule has 0 bridgehead atoms. The molecule has 0 saturated heterocycles. The Labute approximate surface area is 122 Å². The van der Waals surface area contributed by atoms with Crippen molar-refractivity contribution < 1.29 is 4.74 Å². The van der Waals surface area contributed by atoms with Gasteiger partial charge < -0.3 is 10.1 Å². The summed E-state index contributed by atoms with van der Waals surface area (Å²) in [5.41, 5.74) is 3.08. The summed E-state index contributed by atoms with van der Waals surface area (Å²) in [4.78, 5) is 8.43. The van der Waals surface area contributed by atoms with Crippen molar-refractivity contribution in [3.63, 3.8) is 0 Å². The summed E-state index contributed by atoms with van der Waals surface area (Å²) in [6, 6.07) is 1.99. The number of ether oxygens (including phenoxy) is 1. The maximum atomic E-state index is 5.26. The van der Waals surface area contributed by atoms with E-state index in [-0.39, 0.29) is 6.04 Å². The van der Waals surface area contributed by atoms with Gasteiger partial charge in [0.05, 0.1) is 37.3 Å². The van der Waals surface area contributed by atoms with E-state index in [0.717, 1.165) is 28.9 Å². The van der Waals surface area contributed by atoms with Gasteiger partial charge in [0.2, 0.25) is 0 Å². The zero-order valence-electron chi connectivity index (χ0n) is 12.0. The molecule has 6 heteroatoms. The van der Waals surface area contributed by atoms with Crippen LogP contribution in [0.5, 0.6) is 5.75 Å². The van der Waals surface area contributed by atoms with Gasteiger partial charge in [-0.25, -0.2) is 4.52 Å². The van der Waals surface area contributed by atoms with Crippen molar-refractivity contribution in [1.29, 1.82) is 0 Å². The van der Waals surface area contributed by atoms with Gasteiger partial charge in [0.1, 0.15) is 5.75 Å². The van der Waals surface area contributed by atoms with E-state index in [4.69, 9.17) is 4.74 Å². The number of fused-ring (bicyclic) bond motifs is 1. The molecule has 3 aromatic rings. The zero-order chi connectivity index (χ0) is 14.7. The molecular formula is C15H17N5O. The number of aromatic nitrogens is 4. The maximum absolute atomic E-state index is 5.26. The first-order chi connectivity index (χ1) is 10.3. The third-order valence-electron chi connectivity index (χ3n) is 3.38. The Morgan fingerprint density at radius 2 is 2.14 bits per heavy atom. The number of hydrogen-bond acceptors (Lipinski definition) is 5. The van der Waals surface area contributed by atoms with Gasteiger partial charge in [0, 0.05) is 24.2 Å². The fraction of sp³-hybridized carbons (Fsp3) is 0.267. The Hall–Kier alpha value is -2.47. The normalized spacial score (nSPS) is 12.5. The summed E-state index contributed by atoms with van der Waals surface area (Å²) >= 11 is 0. The van der Waals surface area contributed by atoms with Crippen LogP contribution in [0.2, 0.25) is 0 Å². The quantitative estimate of drug-likeness (QED) is 0.774. The Kier molecular flexibility index (Phi) is 3.79. The molecule has 0 radical (unpaired) electrons. The largest absolute Gasteiger partial charge is 0.495 e. The fourth-order valence-corrected chi connectivity index (χ4v) is 2.39. The van der Waals surface area contributed by atoms with Crippen molar-refractivity contribution in [1.82, 2.24) is 24.9 Å². The van der Waals surface area contributed by atoms with Gasteiger partial charge in [-0.05, 0) is 18.2 Å². The molecule has 3 rings (SSSR count). The number of pyridine rings is 1. The predicted molar refractivity (Wildman–Crippen MR) is 79.3 cm³/mol. The van der Waals surface area contributed by atoms with E-state index in [1.807, 2.05) is 35.4 Å². The molecule has 6 nitrogen and oxygen atoms in total. The molecule has 21 heavy (non-hydrogen) atoms. The molecule has 1 N–H and O–H groups in total. The van der Waals surface area contributed by atoms with E-state index in [0.29, 0.717) is 0 Å². The van der Waals surface area contributed by atoms with Gasteiger partial charge in [-0.15, -0.1) is 0 Å². The van der Waals surface area contributed by atoms with Crippen molar-refractivity contribution in [2.45, 2.75) is 13.0 Å². The minimum Gasteiger partial charge on any atom is -0.495 e. The number of hydrogen-bond donors (Lipinski definition) is 1. The third kappa shape index (κ3) is 2.57. The lowest BCUT2D eigenvalue weighted by molar-refractivity contribution is 0.411. The highest BCUT2D eigenvalue weighted by atomic mass is 16.5. The van der Waals surface area contributed by atoms with E-state index in [9.17, 15) is 0 Å². The second-order valence-corrected chi connectivity index (χ2v) is 4.65. The molecule has 0 aliphatic carbocycles. The molecule has 3 aromatic heterocycles. The molecule has 1 unspecified atom stereocenters. The Bertz CT molecular complexity index is 740. The topological polar surface area (TPSA) is 64.3 Å². The minimum atomic E-state index is -0.000648. The van der Waals surface area contributed by atoms with E-state index in [1.165, 1.54) is 0 Å². The second-order valence-electron chi connectivity index (χ2n) is 4.65. The summed E-state index contributed by atoms with van der Waals surface area (Å²) < 4.78 is 7.08. The summed E-state index contributed by atoms with van der Waals surface area (Å²) in [7, 11) is 1.64. The number of nitrogens with one attached hydrogen (secondary N) is 1. The van der Waals surface area contributed by atoms with E-state index in [1.54, 1.807) is 19.5 Å². The fourth-order valence-electron chi connectivity index (χ4n) is 2.39. The maximum Gasteiger partial charge on any atom is 0.137 e. The first-order valence-electron chi connectivity index (χ1n) is 6.83. The van der Waals surface area contributed by atoms with Crippen molar-refractivity contribution in [2.24, 2.45) is 0 Å². The SMILES string of the molecule is CCNC(c1cncc(OC)c1)c1cnn2ccncc12. The third-order valence-corrected chi connectivity index (χ3v) is 3.38. The van der Waals surface area contributed by atoms with Gasteiger partial charge >= 0.3 is 0 Å². The van der Waals surface area contributed by atoms with E-state index < -0.39 is 0 Å². The molecular weight excluding hydrogens is 266 g/mol. The van der Waals surface area contributed by atoms with Gasteiger partial charge in [-0.3, -0.25) is 9.97 Å². The average molecular weight is 283 g/mol. The molecule has 3 heterocycles. The van der Waals surface area contributed by atoms with E-state index >= 15 is 0 Å². The number of nitrogens with zero attached hydrogens (tertiary/aromatic N) is 4. The molecule has 0 fully saturated rings. The first-order valence-corrected chi connectivity index (χ1v) is 6.83. The molecule has 1 atom stereocenters. The Morgan fingerprint density at radius 3 is 2.95 bits per heavy atom. The van der Waals surface area contributed by atoms with Crippen LogP contribution in [0.15, 0.2) is 43.2 Å². The van der Waals surface area contributed by atoms with Gasteiger partial charge in [-0.2, -0.15) is 5.10 Å². The van der Waals surface area contributed by atoms with Crippen LogP contribution in [-0.4, -0.2) is 33.2 Å². The molecule has 0 aliphatic heterocycles. The minimum absolute atomic E-state index is 0.000648. The van der Waals surface area contributed by atoms with E-state index in [2.05, 4.69) is 27.3 Å². The predicted octanol–water partition coefficient (Wildman–Crippen LogP) is 1.83. The van der Waals surface area contributed by atoms with Crippen LogP contribution in [-0.2, 0) is 0 Å². The standard InChI is InChI=1S/C15H17N5O/c1-3-18-15(11-6-12(21-2)8-17-7-11)13-9-19-20-5-4-16-10-14(13)20/h4-10,15,18H,3H2,1-2H3. The van der Waals surface area contributed by atoms with Gasteiger partial charge in [0.15, 0.2) is 0 Å². The van der Waals surface area contributed by atoms with Crippen LogP contribution in [0.1, 0.15) is 24.1 Å². The van der Waals surface area contributed by atoms with Crippen molar-refractivity contribution in [2.75, 3.05) is 13.7 Å². The molecule has 0 aromatic carbocycles. The van der Waals surface area contributed by atoms with Crippen molar-refractivity contribution in [3.8, 4) is 5.75 Å². The lowest BCUT2D eigenvalue weighted by Gasteiger charge is -2.17. The zero-order valence-corrected chi connectivity index (χ0v) is 12.0. The number of methoxy groups -OCH3 is 1. The molecule has 0 spiro atoms. The van der Waals surface area contributed by atoms with Crippen molar-refractivity contribution >= 4 is 5.52 Å². The van der Waals surface area contributed by atoms with Crippen LogP contribution < -0.4 is 10.1 Å². The highest BCUT2D eigenvalue weighted by Crippen LogP contribution is 2.26. The molecule has 108 valence electrons. The highest BCUT2D eigenvalue weighted by Gasteiger charge is 2.18. The van der Waals surface area contributed by atoms with Gasteiger partial charge in [0.25, 0.3) is 0 Å². The lowest BCUT2D eigenvalue weighted by atomic mass is 10.0. The van der Waals surface area contributed by atoms with Crippen LogP contribution in [0.3, 0.4) is 0 Å². The summed E-state index contributed by atoms with van der Waals surface area (Å²) in [6.45, 7) is 2.91. The first kappa shape index (κ1) is 13.5. The average Bonchev–Trinajstić information content (AvgIpc) is 2.96. The van der Waals surface area contributed by atoms with Crippen molar-refractivity contribution in [3.05, 3.63) is 54.4 Å². The Morgan fingerprint density at radius 1 is 1.24 bits per heavy atom. The molecule has 0 amide bonds. The van der Waals surface area contributed by atoms with Gasteiger partial charge in [-0.1, -0.05) is 6.92 Å². The lowest BCUT2D eigenvalue weighted by Crippen LogP contribution is -2.22. The van der Waals surface area contributed by atoms with Crippen LogP contribution in [0.4, 0.5) is 0 Å². The van der Waals surface area contributed by atoms with Crippen LogP contribution >= 0.6 is 0 Å². The van der Waals surface area contributed by atoms with Crippen LogP contribution in [0, 0.1) is 0 Å². The molecule has 0 aliphatic rings. The Balaban J connectivity index is 2.08. The van der Waals surface area contributed by atoms with Crippen LogP contribution in [0.25, 0.3) is 5.52 Å². The second kappa shape index (κ2) is 5.88. The summed E-state index contributed by atoms with van der Waals surface area (Å²) in [5, 5.41) is 7.84. The molecule has 0 saturated carbocycles. The highest BCUT2D eigenvalue weighted by molar-refractivity contribution is 5.55.